The maximum atomic E-state index is 9.59. The van der Waals surface area contributed by atoms with Gasteiger partial charge in [-0.25, -0.2) is 0 Å². The van der Waals surface area contributed by atoms with Gasteiger partial charge in [0.05, 0.1) is 12.7 Å². The average molecular weight is 231 g/mol. The van der Waals surface area contributed by atoms with E-state index in [0.29, 0.717) is 19.1 Å². The van der Waals surface area contributed by atoms with Gasteiger partial charge in [0.25, 0.3) is 0 Å². The van der Waals surface area contributed by atoms with Crippen molar-refractivity contribution in [3.05, 3.63) is 0 Å². The standard InChI is InChI=1S/C12H25NO3/c1-2-5-13-8-12(14)10-16-9-11-3-6-15-7-4-11/h11-14H,2-10H2,1H3. The Morgan fingerprint density at radius 2 is 2.19 bits per heavy atom. The van der Waals surface area contributed by atoms with E-state index in [0.717, 1.165) is 45.6 Å². The van der Waals surface area contributed by atoms with Gasteiger partial charge in [0, 0.05) is 26.4 Å². The molecule has 0 spiro atoms. The predicted molar refractivity (Wildman–Crippen MR) is 63.5 cm³/mol. The molecule has 1 saturated heterocycles. The first-order valence-electron chi connectivity index (χ1n) is 6.37. The van der Waals surface area contributed by atoms with E-state index in [2.05, 4.69) is 12.2 Å². The zero-order valence-electron chi connectivity index (χ0n) is 10.3. The summed E-state index contributed by atoms with van der Waals surface area (Å²) in [7, 11) is 0. The summed E-state index contributed by atoms with van der Waals surface area (Å²) in [6.07, 6.45) is 2.88. The second-order valence-electron chi connectivity index (χ2n) is 4.45. The molecule has 1 fully saturated rings. The topological polar surface area (TPSA) is 50.7 Å². The molecule has 1 aliphatic heterocycles. The summed E-state index contributed by atoms with van der Waals surface area (Å²) in [5, 5.41) is 12.8. The van der Waals surface area contributed by atoms with Crippen molar-refractivity contribution in [2.45, 2.75) is 32.3 Å². The van der Waals surface area contributed by atoms with Crippen LogP contribution in [0.5, 0.6) is 0 Å². The largest absolute Gasteiger partial charge is 0.389 e. The summed E-state index contributed by atoms with van der Waals surface area (Å²) in [4.78, 5) is 0. The Balaban J connectivity index is 1.92. The van der Waals surface area contributed by atoms with Crippen molar-refractivity contribution in [2.75, 3.05) is 39.5 Å². The van der Waals surface area contributed by atoms with Gasteiger partial charge in [0.1, 0.15) is 0 Å². The second-order valence-corrected chi connectivity index (χ2v) is 4.45. The van der Waals surface area contributed by atoms with Crippen LogP contribution >= 0.6 is 0 Å². The van der Waals surface area contributed by atoms with Gasteiger partial charge in [-0.3, -0.25) is 0 Å². The van der Waals surface area contributed by atoms with Gasteiger partial charge < -0.3 is 19.9 Å². The van der Waals surface area contributed by atoms with E-state index in [1.165, 1.54) is 0 Å². The lowest BCUT2D eigenvalue weighted by molar-refractivity contribution is -0.00851. The highest BCUT2D eigenvalue weighted by Crippen LogP contribution is 2.14. The summed E-state index contributed by atoms with van der Waals surface area (Å²) < 4.78 is 10.8. The lowest BCUT2D eigenvalue weighted by atomic mass is 10.0. The van der Waals surface area contributed by atoms with Crippen LogP contribution < -0.4 is 5.32 Å². The highest BCUT2D eigenvalue weighted by molar-refractivity contribution is 4.63. The van der Waals surface area contributed by atoms with E-state index in [9.17, 15) is 5.11 Å². The van der Waals surface area contributed by atoms with Crippen LogP contribution in [0.3, 0.4) is 0 Å². The normalized spacial score (nSPS) is 19.9. The molecule has 0 saturated carbocycles. The molecule has 0 amide bonds. The monoisotopic (exact) mass is 231 g/mol. The Morgan fingerprint density at radius 3 is 2.88 bits per heavy atom. The number of ether oxygens (including phenoxy) is 2. The molecule has 16 heavy (non-hydrogen) atoms. The Kier molecular flexibility index (Phi) is 7.76. The number of aliphatic hydroxyl groups is 1. The van der Waals surface area contributed by atoms with Crippen molar-refractivity contribution >= 4 is 0 Å². The third-order valence-electron chi connectivity index (χ3n) is 2.81. The molecule has 1 unspecified atom stereocenters. The predicted octanol–water partition coefficient (Wildman–Crippen LogP) is 0.790. The molecule has 1 aliphatic rings. The summed E-state index contributed by atoms with van der Waals surface area (Å²) in [6.45, 7) is 6.60. The molecule has 1 atom stereocenters. The smallest absolute Gasteiger partial charge is 0.0897 e. The van der Waals surface area contributed by atoms with Crippen LogP contribution in [0.4, 0.5) is 0 Å². The first-order valence-corrected chi connectivity index (χ1v) is 6.37. The molecule has 0 aliphatic carbocycles. The molecule has 0 radical (unpaired) electrons. The number of nitrogens with one attached hydrogen (secondary N) is 1. The van der Waals surface area contributed by atoms with Gasteiger partial charge in [-0.15, -0.1) is 0 Å². The van der Waals surface area contributed by atoms with Gasteiger partial charge in [0.2, 0.25) is 0 Å². The molecular formula is C12H25NO3. The number of hydrogen-bond acceptors (Lipinski definition) is 4. The van der Waals surface area contributed by atoms with E-state index in [1.54, 1.807) is 0 Å². The minimum atomic E-state index is -0.383. The third-order valence-corrected chi connectivity index (χ3v) is 2.81. The molecule has 0 bridgehead atoms. The van der Waals surface area contributed by atoms with E-state index in [-0.39, 0.29) is 6.10 Å². The Hall–Kier alpha value is -0.160. The molecule has 0 aromatic heterocycles. The van der Waals surface area contributed by atoms with Crippen molar-refractivity contribution in [1.82, 2.24) is 5.32 Å². The fourth-order valence-electron chi connectivity index (χ4n) is 1.79. The van der Waals surface area contributed by atoms with E-state index < -0.39 is 0 Å². The average Bonchev–Trinajstić information content (AvgIpc) is 2.31. The van der Waals surface area contributed by atoms with Gasteiger partial charge in [0.15, 0.2) is 0 Å². The van der Waals surface area contributed by atoms with Crippen molar-refractivity contribution in [2.24, 2.45) is 5.92 Å². The van der Waals surface area contributed by atoms with Crippen LogP contribution in [0.1, 0.15) is 26.2 Å². The summed E-state index contributed by atoms with van der Waals surface area (Å²) in [5.74, 6) is 0.615. The van der Waals surface area contributed by atoms with Crippen LogP contribution in [0, 0.1) is 5.92 Å². The lowest BCUT2D eigenvalue weighted by Gasteiger charge is -2.22. The Labute approximate surface area is 98.3 Å². The van der Waals surface area contributed by atoms with Gasteiger partial charge >= 0.3 is 0 Å². The molecule has 0 aromatic carbocycles. The van der Waals surface area contributed by atoms with Gasteiger partial charge in [-0.1, -0.05) is 6.92 Å². The fraction of sp³-hybridized carbons (Fsp3) is 1.00. The fourth-order valence-corrected chi connectivity index (χ4v) is 1.79. The van der Waals surface area contributed by atoms with Crippen LogP contribution in [0.15, 0.2) is 0 Å². The number of hydrogen-bond donors (Lipinski definition) is 2. The number of aliphatic hydroxyl groups excluding tert-OH is 1. The van der Waals surface area contributed by atoms with Crippen molar-refractivity contribution in [3.63, 3.8) is 0 Å². The Morgan fingerprint density at radius 1 is 1.44 bits per heavy atom. The van der Waals surface area contributed by atoms with Crippen LogP contribution in [-0.2, 0) is 9.47 Å². The van der Waals surface area contributed by atoms with Crippen LogP contribution in [0.2, 0.25) is 0 Å². The van der Waals surface area contributed by atoms with Crippen molar-refractivity contribution in [1.29, 1.82) is 0 Å². The lowest BCUT2D eigenvalue weighted by Crippen LogP contribution is -2.31. The zero-order chi connectivity index (χ0) is 11.6. The summed E-state index contributed by atoms with van der Waals surface area (Å²) in [5.41, 5.74) is 0. The molecule has 4 heteroatoms. The summed E-state index contributed by atoms with van der Waals surface area (Å²) >= 11 is 0. The minimum absolute atomic E-state index is 0.383. The summed E-state index contributed by atoms with van der Waals surface area (Å²) in [6, 6.07) is 0. The molecule has 2 N–H and O–H groups in total. The van der Waals surface area contributed by atoms with E-state index >= 15 is 0 Å². The Bertz CT molecular complexity index is 160. The second kappa shape index (κ2) is 8.93. The maximum Gasteiger partial charge on any atom is 0.0897 e. The highest BCUT2D eigenvalue weighted by atomic mass is 16.5. The first kappa shape index (κ1) is 13.9. The van der Waals surface area contributed by atoms with Gasteiger partial charge in [-0.05, 0) is 31.7 Å². The zero-order valence-corrected chi connectivity index (χ0v) is 10.3. The molecule has 4 nitrogen and oxygen atoms in total. The van der Waals surface area contributed by atoms with Crippen molar-refractivity contribution < 1.29 is 14.6 Å². The minimum Gasteiger partial charge on any atom is -0.389 e. The highest BCUT2D eigenvalue weighted by Gasteiger charge is 2.14. The third kappa shape index (κ3) is 6.43. The van der Waals surface area contributed by atoms with Crippen LogP contribution in [0.25, 0.3) is 0 Å². The molecule has 96 valence electrons. The molecule has 1 heterocycles. The van der Waals surface area contributed by atoms with E-state index in [1.807, 2.05) is 0 Å². The SMILES string of the molecule is CCCNCC(O)COCC1CCOCC1. The van der Waals surface area contributed by atoms with Crippen molar-refractivity contribution in [3.8, 4) is 0 Å². The number of rotatable bonds is 8. The quantitative estimate of drug-likeness (QED) is 0.606. The molecular weight excluding hydrogens is 206 g/mol. The van der Waals surface area contributed by atoms with Gasteiger partial charge in [-0.2, -0.15) is 0 Å². The molecule has 0 aromatic rings. The van der Waals surface area contributed by atoms with Crippen LogP contribution in [-0.4, -0.2) is 50.7 Å². The van der Waals surface area contributed by atoms with E-state index in [4.69, 9.17) is 9.47 Å². The maximum absolute atomic E-state index is 9.59. The molecule has 1 rings (SSSR count). The first-order chi connectivity index (χ1) is 7.83.